The largest absolute Gasteiger partial charge is 0.497 e. The SMILES string of the molecule is COc1ccc(C(O)C2CC2)c(C(F)(F)F)c1. The van der Waals surface area contributed by atoms with Gasteiger partial charge in [0, 0.05) is 0 Å². The van der Waals surface area contributed by atoms with Gasteiger partial charge >= 0.3 is 6.18 Å². The molecule has 1 N–H and O–H groups in total. The van der Waals surface area contributed by atoms with Gasteiger partial charge in [-0.15, -0.1) is 0 Å². The van der Waals surface area contributed by atoms with E-state index in [1.807, 2.05) is 0 Å². The summed E-state index contributed by atoms with van der Waals surface area (Å²) in [6.45, 7) is 0. The lowest BCUT2D eigenvalue weighted by Gasteiger charge is -2.18. The molecule has 0 aromatic heterocycles. The first-order valence-corrected chi connectivity index (χ1v) is 5.36. The van der Waals surface area contributed by atoms with E-state index in [-0.39, 0.29) is 17.2 Å². The molecular weight excluding hydrogens is 233 g/mol. The second-order valence-corrected chi connectivity index (χ2v) is 4.23. The molecule has 5 heteroatoms. The van der Waals surface area contributed by atoms with E-state index in [2.05, 4.69) is 0 Å². The Kier molecular flexibility index (Phi) is 3.03. The molecule has 1 unspecified atom stereocenters. The highest BCUT2D eigenvalue weighted by molar-refractivity contribution is 5.39. The van der Waals surface area contributed by atoms with E-state index in [0.717, 1.165) is 18.9 Å². The maximum atomic E-state index is 12.8. The summed E-state index contributed by atoms with van der Waals surface area (Å²) in [5.74, 6) is 0.105. The molecule has 0 spiro atoms. The lowest BCUT2D eigenvalue weighted by Crippen LogP contribution is -2.13. The molecule has 0 heterocycles. The van der Waals surface area contributed by atoms with Crippen molar-refractivity contribution in [3.8, 4) is 5.75 Å². The van der Waals surface area contributed by atoms with Crippen LogP contribution in [0.2, 0.25) is 0 Å². The summed E-state index contributed by atoms with van der Waals surface area (Å²) in [6, 6.07) is 3.67. The van der Waals surface area contributed by atoms with Gasteiger partial charge in [-0.1, -0.05) is 6.07 Å². The molecule has 1 aromatic rings. The number of halogens is 3. The van der Waals surface area contributed by atoms with Crippen molar-refractivity contribution in [3.63, 3.8) is 0 Å². The van der Waals surface area contributed by atoms with Gasteiger partial charge in [0.1, 0.15) is 5.75 Å². The Hall–Kier alpha value is -1.23. The van der Waals surface area contributed by atoms with Crippen molar-refractivity contribution in [2.24, 2.45) is 5.92 Å². The predicted octanol–water partition coefficient (Wildman–Crippen LogP) is 3.16. The molecule has 1 saturated carbocycles. The fraction of sp³-hybridized carbons (Fsp3) is 0.500. The molecule has 0 bridgehead atoms. The summed E-state index contributed by atoms with van der Waals surface area (Å²) in [5.41, 5.74) is -0.864. The molecular formula is C12H13F3O2. The Bertz CT molecular complexity index is 411. The van der Waals surface area contributed by atoms with Crippen LogP contribution >= 0.6 is 0 Å². The van der Waals surface area contributed by atoms with Crippen LogP contribution in [0, 0.1) is 5.92 Å². The molecule has 1 aromatic carbocycles. The van der Waals surface area contributed by atoms with E-state index < -0.39 is 17.8 Å². The van der Waals surface area contributed by atoms with Crippen LogP contribution < -0.4 is 4.74 Å². The fourth-order valence-corrected chi connectivity index (χ4v) is 1.83. The first-order chi connectivity index (χ1) is 7.93. The monoisotopic (exact) mass is 246 g/mol. The summed E-state index contributed by atoms with van der Waals surface area (Å²) in [7, 11) is 1.31. The van der Waals surface area contributed by atoms with E-state index >= 15 is 0 Å². The number of hydrogen-bond acceptors (Lipinski definition) is 2. The molecule has 1 fully saturated rings. The van der Waals surface area contributed by atoms with Gasteiger partial charge < -0.3 is 9.84 Å². The van der Waals surface area contributed by atoms with Gasteiger partial charge in [-0.2, -0.15) is 13.2 Å². The van der Waals surface area contributed by atoms with E-state index in [9.17, 15) is 18.3 Å². The zero-order valence-corrected chi connectivity index (χ0v) is 9.29. The van der Waals surface area contributed by atoms with Crippen LogP contribution in [0.5, 0.6) is 5.75 Å². The van der Waals surface area contributed by atoms with Gasteiger partial charge in [-0.3, -0.25) is 0 Å². The molecule has 17 heavy (non-hydrogen) atoms. The highest BCUT2D eigenvalue weighted by Crippen LogP contribution is 2.45. The summed E-state index contributed by atoms with van der Waals surface area (Å²) in [6.07, 6.45) is -3.94. The van der Waals surface area contributed by atoms with Crippen LogP contribution in [0.25, 0.3) is 0 Å². The van der Waals surface area contributed by atoms with Crippen molar-refractivity contribution in [1.82, 2.24) is 0 Å². The average Bonchev–Trinajstić information content (AvgIpc) is 3.10. The quantitative estimate of drug-likeness (QED) is 0.887. The highest BCUT2D eigenvalue weighted by Gasteiger charge is 2.39. The third kappa shape index (κ3) is 2.54. The molecule has 1 aliphatic rings. The molecule has 0 saturated heterocycles. The summed E-state index contributed by atoms with van der Waals surface area (Å²) >= 11 is 0. The number of aliphatic hydroxyl groups excluding tert-OH is 1. The number of rotatable bonds is 3. The second-order valence-electron chi connectivity index (χ2n) is 4.23. The Morgan fingerprint density at radius 3 is 2.47 bits per heavy atom. The van der Waals surface area contributed by atoms with Crippen LogP contribution in [0.4, 0.5) is 13.2 Å². The molecule has 0 aliphatic heterocycles. The van der Waals surface area contributed by atoms with Crippen LogP contribution in [-0.4, -0.2) is 12.2 Å². The Morgan fingerprint density at radius 2 is 2.00 bits per heavy atom. The van der Waals surface area contributed by atoms with Crippen molar-refractivity contribution in [1.29, 1.82) is 0 Å². The molecule has 2 nitrogen and oxygen atoms in total. The van der Waals surface area contributed by atoms with Crippen LogP contribution in [-0.2, 0) is 6.18 Å². The molecule has 2 rings (SSSR count). The van der Waals surface area contributed by atoms with E-state index in [1.165, 1.54) is 19.2 Å². The summed E-state index contributed by atoms with van der Waals surface area (Å²) in [4.78, 5) is 0. The van der Waals surface area contributed by atoms with Crippen molar-refractivity contribution < 1.29 is 23.0 Å². The van der Waals surface area contributed by atoms with Crippen molar-refractivity contribution in [3.05, 3.63) is 29.3 Å². The fourth-order valence-electron chi connectivity index (χ4n) is 1.83. The number of hydrogen-bond donors (Lipinski definition) is 1. The third-order valence-corrected chi connectivity index (χ3v) is 2.95. The minimum absolute atomic E-state index is 0.0375. The molecule has 1 atom stereocenters. The lowest BCUT2D eigenvalue weighted by atomic mass is 9.98. The van der Waals surface area contributed by atoms with Gasteiger partial charge in [-0.25, -0.2) is 0 Å². The van der Waals surface area contributed by atoms with Gasteiger partial charge in [0.25, 0.3) is 0 Å². The molecule has 0 radical (unpaired) electrons. The Morgan fingerprint density at radius 1 is 1.35 bits per heavy atom. The van der Waals surface area contributed by atoms with Crippen molar-refractivity contribution in [2.75, 3.05) is 7.11 Å². The summed E-state index contributed by atoms with van der Waals surface area (Å²) < 4.78 is 43.3. The maximum absolute atomic E-state index is 12.8. The van der Waals surface area contributed by atoms with Crippen LogP contribution in [0.1, 0.15) is 30.1 Å². The normalized spacial score (nSPS) is 17.9. The molecule has 94 valence electrons. The number of aliphatic hydroxyl groups is 1. The van der Waals surface area contributed by atoms with Gasteiger partial charge in [0.15, 0.2) is 0 Å². The van der Waals surface area contributed by atoms with E-state index in [0.29, 0.717) is 0 Å². The first kappa shape index (κ1) is 12.2. The zero-order valence-electron chi connectivity index (χ0n) is 9.29. The Labute approximate surface area is 97.0 Å². The summed E-state index contributed by atoms with van der Waals surface area (Å²) in [5, 5.41) is 9.83. The van der Waals surface area contributed by atoms with Gasteiger partial charge in [0.05, 0.1) is 18.8 Å². The van der Waals surface area contributed by atoms with Gasteiger partial charge in [-0.05, 0) is 36.5 Å². The van der Waals surface area contributed by atoms with E-state index in [4.69, 9.17) is 4.74 Å². The lowest BCUT2D eigenvalue weighted by molar-refractivity contribution is -0.139. The first-order valence-electron chi connectivity index (χ1n) is 5.36. The maximum Gasteiger partial charge on any atom is 0.416 e. The van der Waals surface area contributed by atoms with Crippen LogP contribution in [0.15, 0.2) is 18.2 Å². The minimum Gasteiger partial charge on any atom is -0.497 e. The van der Waals surface area contributed by atoms with E-state index in [1.54, 1.807) is 0 Å². The second kappa shape index (κ2) is 4.22. The smallest absolute Gasteiger partial charge is 0.416 e. The topological polar surface area (TPSA) is 29.5 Å². The number of methoxy groups -OCH3 is 1. The predicted molar refractivity (Wildman–Crippen MR) is 55.7 cm³/mol. The number of ether oxygens (including phenoxy) is 1. The highest BCUT2D eigenvalue weighted by atomic mass is 19.4. The minimum atomic E-state index is -4.47. The average molecular weight is 246 g/mol. The van der Waals surface area contributed by atoms with Crippen molar-refractivity contribution in [2.45, 2.75) is 25.1 Å². The molecule has 0 amide bonds. The zero-order chi connectivity index (χ0) is 12.6. The van der Waals surface area contributed by atoms with Gasteiger partial charge in [0.2, 0.25) is 0 Å². The number of alkyl halides is 3. The van der Waals surface area contributed by atoms with Crippen molar-refractivity contribution >= 4 is 0 Å². The molecule has 1 aliphatic carbocycles. The number of benzene rings is 1. The standard InChI is InChI=1S/C12H13F3O2/c1-17-8-4-5-9(11(16)7-2-3-7)10(6-8)12(13,14)15/h4-7,11,16H,2-3H2,1H3. The van der Waals surface area contributed by atoms with Crippen LogP contribution in [0.3, 0.4) is 0 Å². The Balaban J connectivity index is 2.42. The third-order valence-electron chi connectivity index (χ3n) is 2.95.